The van der Waals surface area contributed by atoms with Gasteiger partial charge in [0.2, 0.25) is 17.7 Å². The number of imide groups is 2. The predicted molar refractivity (Wildman–Crippen MR) is 61.9 cm³/mol. The van der Waals surface area contributed by atoms with Crippen LogP contribution in [0.15, 0.2) is 18.2 Å². The van der Waals surface area contributed by atoms with Crippen LogP contribution in [0.1, 0.15) is 0 Å². The molecule has 0 saturated carbocycles. The lowest BCUT2D eigenvalue weighted by Gasteiger charge is -2.20. The number of hydrogen-bond donors (Lipinski definition) is 4. The van der Waals surface area contributed by atoms with Crippen molar-refractivity contribution in [1.29, 1.82) is 0 Å². The number of carbonyl (C=O) groups is 4. The molecular formula is C11H8FN3O5. The van der Waals surface area contributed by atoms with Gasteiger partial charge in [-0.05, 0) is 12.1 Å². The van der Waals surface area contributed by atoms with Crippen LogP contribution in [0.5, 0.6) is 5.75 Å². The first-order valence-electron chi connectivity index (χ1n) is 5.33. The fourth-order valence-electron chi connectivity index (χ4n) is 1.57. The van der Waals surface area contributed by atoms with Gasteiger partial charge in [-0.25, -0.2) is 9.18 Å². The molecule has 1 saturated heterocycles. The number of nitrogens with one attached hydrogen (secondary N) is 3. The molecule has 104 valence electrons. The van der Waals surface area contributed by atoms with Crippen molar-refractivity contribution in [3.05, 3.63) is 24.0 Å². The number of phenolic OH excluding ortho intramolecular Hbond substituents is 1. The molecule has 0 radical (unpaired) electrons. The molecule has 0 atom stereocenters. The molecule has 9 heteroatoms. The quantitative estimate of drug-likeness (QED) is 0.427. The third-order valence-corrected chi connectivity index (χ3v) is 2.47. The van der Waals surface area contributed by atoms with Gasteiger partial charge < -0.3 is 10.4 Å². The van der Waals surface area contributed by atoms with Crippen molar-refractivity contribution in [2.45, 2.75) is 0 Å². The minimum Gasteiger partial charge on any atom is -0.508 e. The minimum atomic E-state index is -1.80. The summed E-state index contributed by atoms with van der Waals surface area (Å²) in [5.41, 5.74) is -0.315. The summed E-state index contributed by atoms with van der Waals surface area (Å²) < 4.78 is 13.4. The van der Waals surface area contributed by atoms with E-state index < -0.39 is 35.5 Å². The van der Waals surface area contributed by atoms with Gasteiger partial charge in [0, 0.05) is 6.07 Å². The number of rotatable bonds is 2. The van der Waals surface area contributed by atoms with Gasteiger partial charge in [-0.1, -0.05) is 0 Å². The zero-order valence-corrected chi connectivity index (χ0v) is 9.77. The molecule has 8 nitrogen and oxygen atoms in total. The van der Waals surface area contributed by atoms with Crippen molar-refractivity contribution < 1.29 is 28.7 Å². The molecular weight excluding hydrogens is 273 g/mol. The topological polar surface area (TPSA) is 125 Å². The van der Waals surface area contributed by atoms with Gasteiger partial charge >= 0.3 is 6.03 Å². The van der Waals surface area contributed by atoms with Crippen LogP contribution in [0.2, 0.25) is 0 Å². The van der Waals surface area contributed by atoms with E-state index >= 15 is 0 Å². The molecule has 0 aliphatic carbocycles. The molecule has 1 aromatic carbocycles. The first-order chi connectivity index (χ1) is 9.38. The predicted octanol–water partition coefficient (Wildman–Crippen LogP) is -0.548. The number of carbonyl (C=O) groups excluding carboxylic acids is 4. The number of phenols is 1. The van der Waals surface area contributed by atoms with Gasteiger partial charge in [0.1, 0.15) is 11.6 Å². The molecule has 1 heterocycles. The second-order valence-corrected chi connectivity index (χ2v) is 3.89. The van der Waals surface area contributed by atoms with Crippen LogP contribution in [0.3, 0.4) is 0 Å². The van der Waals surface area contributed by atoms with E-state index in [1.807, 2.05) is 5.32 Å². The highest BCUT2D eigenvalue weighted by Crippen LogP contribution is 2.20. The van der Waals surface area contributed by atoms with E-state index in [1.165, 1.54) is 0 Å². The summed E-state index contributed by atoms with van der Waals surface area (Å²) in [6, 6.07) is 1.90. The molecule has 0 aromatic heterocycles. The molecule has 1 fully saturated rings. The first kappa shape index (κ1) is 13.5. The van der Waals surface area contributed by atoms with Crippen molar-refractivity contribution in [1.82, 2.24) is 10.6 Å². The summed E-state index contributed by atoms with van der Waals surface area (Å²) in [6.45, 7) is 0. The Kier molecular flexibility index (Phi) is 3.34. The van der Waals surface area contributed by atoms with E-state index in [2.05, 4.69) is 0 Å². The molecule has 2 rings (SSSR count). The van der Waals surface area contributed by atoms with Gasteiger partial charge in [0.15, 0.2) is 5.92 Å². The second-order valence-electron chi connectivity index (χ2n) is 3.89. The van der Waals surface area contributed by atoms with E-state index in [0.717, 1.165) is 18.2 Å². The maximum atomic E-state index is 13.4. The Bertz CT molecular complexity index is 610. The van der Waals surface area contributed by atoms with E-state index in [0.29, 0.717) is 0 Å². The van der Waals surface area contributed by atoms with Crippen LogP contribution < -0.4 is 16.0 Å². The highest BCUT2D eigenvalue weighted by Gasteiger charge is 2.40. The van der Waals surface area contributed by atoms with Crippen molar-refractivity contribution >= 4 is 29.4 Å². The number of barbiturate groups is 1. The van der Waals surface area contributed by atoms with Crippen LogP contribution in [-0.2, 0) is 14.4 Å². The summed E-state index contributed by atoms with van der Waals surface area (Å²) in [4.78, 5) is 45.4. The van der Waals surface area contributed by atoms with E-state index in [-0.39, 0.29) is 11.4 Å². The van der Waals surface area contributed by atoms with Gasteiger partial charge in [-0.3, -0.25) is 25.0 Å². The fraction of sp³-hybridized carbons (Fsp3) is 0.0909. The smallest absolute Gasteiger partial charge is 0.328 e. The van der Waals surface area contributed by atoms with Gasteiger partial charge in [-0.15, -0.1) is 0 Å². The number of aromatic hydroxyl groups is 1. The van der Waals surface area contributed by atoms with Crippen LogP contribution in [0, 0.1) is 11.7 Å². The Morgan fingerprint density at radius 1 is 1.20 bits per heavy atom. The Hall–Kier alpha value is -2.97. The SMILES string of the molecule is O=C1NC(=O)C(C(=O)Nc2ccc(O)cc2F)C(=O)N1. The van der Waals surface area contributed by atoms with E-state index in [9.17, 15) is 23.6 Å². The lowest BCUT2D eigenvalue weighted by molar-refractivity contribution is -0.141. The summed E-state index contributed by atoms with van der Waals surface area (Å²) in [5.74, 6) is -6.39. The number of anilines is 1. The maximum Gasteiger partial charge on any atom is 0.328 e. The second kappa shape index (κ2) is 4.96. The molecule has 1 aliphatic rings. The van der Waals surface area contributed by atoms with Crippen LogP contribution in [0.4, 0.5) is 14.9 Å². The fourth-order valence-corrected chi connectivity index (χ4v) is 1.57. The molecule has 1 aromatic rings. The zero-order chi connectivity index (χ0) is 14.9. The summed E-state index contributed by atoms with van der Waals surface area (Å²) in [6.07, 6.45) is 0. The molecule has 0 unspecified atom stereocenters. The zero-order valence-electron chi connectivity index (χ0n) is 9.77. The van der Waals surface area contributed by atoms with Crippen molar-refractivity contribution in [3.8, 4) is 5.75 Å². The molecule has 0 bridgehead atoms. The summed E-state index contributed by atoms with van der Waals surface area (Å²) >= 11 is 0. The maximum absolute atomic E-state index is 13.4. The van der Waals surface area contributed by atoms with Crippen molar-refractivity contribution in [2.24, 2.45) is 5.92 Å². The number of benzene rings is 1. The Labute approximate surface area is 111 Å². The van der Waals surface area contributed by atoms with Gasteiger partial charge in [0.05, 0.1) is 5.69 Å². The third-order valence-electron chi connectivity index (χ3n) is 2.47. The van der Waals surface area contributed by atoms with Gasteiger partial charge in [0.25, 0.3) is 0 Å². The number of hydrogen-bond acceptors (Lipinski definition) is 5. The van der Waals surface area contributed by atoms with Crippen molar-refractivity contribution in [2.75, 3.05) is 5.32 Å². The number of amides is 5. The Balaban J connectivity index is 2.17. The number of halogens is 1. The van der Waals surface area contributed by atoms with Crippen LogP contribution in [0.25, 0.3) is 0 Å². The minimum absolute atomic E-state index is 0.315. The normalized spacial score (nSPS) is 15.6. The van der Waals surface area contributed by atoms with Gasteiger partial charge in [-0.2, -0.15) is 0 Å². The van der Waals surface area contributed by atoms with E-state index in [1.54, 1.807) is 10.6 Å². The summed E-state index contributed by atoms with van der Waals surface area (Å²) in [5, 5.41) is 14.5. The Morgan fingerprint density at radius 3 is 2.35 bits per heavy atom. The average Bonchev–Trinajstić information content (AvgIpc) is 2.31. The third kappa shape index (κ3) is 2.55. The molecule has 0 spiro atoms. The van der Waals surface area contributed by atoms with E-state index in [4.69, 9.17) is 5.11 Å². The van der Waals surface area contributed by atoms with Crippen molar-refractivity contribution in [3.63, 3.8) is 0 Å². The number of urea groups is 1. The summed E-state index contributed by atoms with van der Waals surface area (Å²) in [7, 11) is 0. The van der Waals surface area contributed by atoms with Crippen LogP contribution >= 0.6 is 0 Å². The monoisotopic (exact) mass is 281 g/mol. The lowest BCUT2D eigenvalue weighted by atomic mass is 10.1. The highest BCUT2D eigenvalue weighted by molar-refractivity contribution is 6.28. The molecule has 1 aliphatic heterocycles. The standard InChI is InChI=1S/C11H8FN3O5/c12-5-3-4(16)1-2-6(5)13-8(17)7-9(18)14-11(20)15-10(7)19/h1-3,7,16H,(H,13,17)(H2,14,15,18,19,20). The molecule has 20 heavy (non-hydrogen) atoms. The highest BCUT2D eigenvalue weighted by atomic mass is 19.1. The average molecular weight is 281 g/mol. The molecule has 5 amide bonds. The van der Waals surface area contributed by atoms with Crippen LogP contribution in [-0.4, -0.2) is 28.9 Å². The molecule has 4 N–H and O–H groups in total. The largest absolute Gasteiger partial charge is 0.508 e. The lowest BCUT2D eigenvalue weighted by Crippen LogP contribution is -2.58. The first-order valence-corrected chi connectivity index (χ1v) is 5.33. The Morgan fingerprint density at radius 2 is 1.80 bits per heavy atom.